The molecule has 0 saturated heterocycles. The predicted molar refractivity (Wildman–Crippen MR) is 40.4 cm³/mol. The normalized spacial score (nSPS) is 22.4. The molecule has 0 saturated carbocycles. The van der Waals surface area contributed by atoms with Crippen LogP contribution >= 0.6 is 0 Å². The molecule has 0 bridgehead atoms. The van der Waals surface area contributed by atoms with E-state index in [0.717, 1.165) is 5.70 Å². The molecule has 62 valence electrons. The molecule has 4 nitrogen and oxygen atoms in total. The van der Waals surface area contributed by atoms with Crippen LogP contribution in [0.4, 0.5) is 0 Å². The average molecular weight is 156 g/mol. The molecule has 0 aromatic carbocycles. The van der Waals surface area contributed by atoms with Gasteiger partial charge in [-0.2, -0.15) is 0 Å². The first-order valence-corrected chi connectivity index (χ1v) is 3.60. The van der Waals surface area contributed by atoms with Gasteiger partial charge in [-0.05, 0) is 19.9 Å². The van der Waals surface area contributed by atoms with E-state index >= 15 is 0 Å². The minimum atomic E-state index is -0.324. The topological polar surface area (TPSA) is 50.4 Å². The second-order valence-electron chi connectivity index (χ2n) is 2.35. The molecular weight excluding hydrogens is 144 g/mol. The summed E-state index contributed by atoms with van der Waals surface area (Å²) >= 11 is 0. The van der Waals surface area contributed by atoms with Crippen molar-refractivity contribution in [2.24, 2.45) is 0 Å². The molecule has 0 spiro atoms. The Morgan fingerprint density at radius 2 is 2.55 bits per heavy atom. The molecule has 1 unspecified atom stereocenters. The number of esters is 1. The lowest BCUT2D eigenvalue weighted by Gasteiger charge is -2.06. The molecule has 0 aromatic heterocycles. The highest BCUT2D eigenvalue weighted by Crippen LogP contribution is 2.00. The van der Waals surface area contributed by atoms with E-state index in [2.05, 4.69) is 10.9 Å². The van der Waals surface area contributed by atoms with Gasteiger partial charge in [0.15, 0.2) is 0 Å². The number of nitrogens with one attached hydrogen (secondary N) is 2. The van der Waals surface area contributed by atoms with E-state index in [1.807, 2.05) is 6.92 Å². The Labute approximate surface area is 65.6 Å². The number of rotatable bonds is 2. The highest BCUT2D eigenvalue weighted by molar-refractivity contribution is 5.78. The fourth-order valence-corrected chi connectivity index (χ4v) is 0.884. The molecule has 0 fully saturated rings. The molecular formula is C7H12N2O2. The zero-order valence-corrected chi connectivity index (χ0v) is 6.68. The number of hydrogen-bond acceptors (Lipinski definition) is 4. The first kappa shape index (κ1) is 8.07. The van der Waals surface area contributed by atoms with Crippen molar-refractivity contribution >= 4 is 5.97 Å². The Kier molecular flexibility index (Phi) is 2.48. The third-order valence-corrected chi connectivity index (χ3v) is 1.38. The van der Waals surface area contributed by atoms with Crippen LogP contribution in [0, 0.1) is 0 Å². The molecule has 0 amide bonds. The minimum Gasteiger partial charge on any atom is -0.465 e. The van der Waals surface area contributed by atoms with Crippen LogP contribution in [0.3, 0.4) is 0 Å². The summed E-state index contributed by atoms with van der Waals surface area (Å²) in [5.74, 6) is -0.239. The maximum Gasteiger partial charge on any atom is 0.328 e. The number of hydrazine groups is 1. The van der Waals surface area contributed by atoms with E-state index in [1.165, 1.54) is 0 Å². The Bertz CT molecular complexity index is 189. The number of carbonyl (C=O) groups excluding carboxylic acids is 1. The van der Waals surface area contributed by atoms with E-state index in [0.29, 0.717) is 6.61 Å². The summed E-state index contributed by atoms with van der Waals surface area (Å²) in [6.07, 6.45) is 1.79. The van der Waals surface area contributed by atoms with Crippen molar-refractivity contribution < 1.29 is 9.53 Å². The Hall–Kier alpha value is -1.03. The van der Waals surface area contributed by atoms with Crippen molar-refractivity contribution in [3.63, 3.8) is 0 Å². The fraction of sp³-hybridized carbons (Fsp3) is 0.571. The van der Waals surface area contributed by atoms with Crippen molar-refractivity contribution in [1.29, 1.82) is 0 Å². The zero-order valence-electron chi connectivity index (χ0n) is 6.68. The average Bonchev–Trinajstić information content (AvgIpc) is 2.36. The van der Waals surface area contributed by atoms with E-state index in [9.17, 15) is 4.79 Å². The van der Waals surface area contributed by atoms with Crippen LogP contribution in [0.1, 0.15) is 13.8 Å². The van der Waals surface area contributed by atoms with Crippen LogP contribution in [0.25, 0.3) is 0 Å². The van der Waals surface area contributed by atoms with Gasteiger partial charge in [-0.25, -0.2) is 10.2 Å². The van der Waals surface area contributed by atoms with Gasteiger partial charge in [0.1, 0.15) is 6.04 Å². The highest BCUT2D eigenvalue weighted by Gasteiger charge is 2.20. The van der Waals surface area contributed by atoms with Crippen molar-refractivity contribution in [2.75, 3.05) is 6.61 Å². The molecule has 0 aliphatic carbocycles. The Morgan fingerprint density at radius 3 is 3.00 bits per heavy atom. The quantitative estimate of drug-likeness (QED) is 0.549. The number of allylic oxidation sites excluding steroid dienone is 1. The molecule has 2 N–H and O–H groups in total. The van der Waals surface area contributed by atoms with Gasteiger partial charge in [0.05, 0.1) is 6.61 Å². The molecule has 1 atom stereocenters. The smallest absolute Gasteiger partial charge is 0.328 e. The maximum atomic E-state index is 11.0. The summed E-state index contributed by atoms with van der Waals surface area (Å²) in [5, 5.41) is 0. The van der Waals surface area contributed by atoms with Crippen LogP contribution in [0.5, 0.6) is 0 Å². The van der Waals surface area contributed by atoms with Gasteiger partial charge < -0.3 is 10.2 Å². The van der Waals surface area contributed by atoms with Crippen molar-refractivity contribution in [3.05, 3.63) is 11.8 Å². The number of hydrogen-bond donors (Lipinski definition) is 2. The Balaban J connectivity index is 2.43. The van der Waals surface area contributed by atoms with E-state index in [4.69, 9.17) is 4.74 Å². The molecule has 1 rings (SSSR count). The zero-order chi connectivity index (χ0) is 8.27. The van der Waals surface area contributed by atoms with Crippen LogP contribution < -0.4 is 10.9 Å². The van der Waals surface area contributed by atoms with Gasteiger partial charge in [0.25, 0.3) is 0 Å². The molecule has 1 heterocycles. The van der Waals surface area contributed by atoms with Crippen LogP contribution in [0.15, 0.2) is 11.8 Å². The standard InChI is InChI=1S/C7H12N2O2/c1-3-11-7(10)6-4-5(2)8-9-6/h4,6,8-9H,3H2,1-2H3. The largest absolute Gasteiger partial charge is 0.465 e. The molecule has 4 heteroatoms. The van der Waals surface area contributed by atoms with Crippen LogP contribution in [0.2, 0.25) is 0 Å². The van der Waals surface area contributed by atoms with Gasteiger partial charge in [0, 0.05) is 5.70 Å². The lowest BCUT2D eigenvalue weighted by atomic mass is 10.3. The van der Waals surface area contributed by atoms with Gasteiger partial charge in [-0.3, -0.25) is 0 Å². The third kappa shape index (κ3) is 1.94. The van der Waals surface area contributed by atoms with Crippen molar-refractivity contribution in [1.82, 2.24) is 10.9 Å². The van der Waals surface area contributed by atoms with Gasteiger partial charge in [-0.15, -0.1) is 0 Å². The summed E-state index contributed by atoms with van der Waals surface area (Å²) in [6, 6.07) is -0.324. The maximum absolute atomic E-state index is 11.0. The summed E-state index contributed by atoms with van der Waals surface area (Å²) < 4.78 is 4.79. The summed E-state index contributed by atoms with van der Waals surface area (Å²) in [6.45, 7) is 4.09. The Morgan fingerprint density at radius 1 is 1.82 bits per heavy atom. The van der Waals surface area contributed by atoms with E-state index in [-0.39, 0.29) is 12.0 Å². The van der Waals surface area contributed by atoms with Crippen LogP contribution in [-0.4, -0.2) is 18.6 Å². The lowest BCUT2D eigenvalue weighted by molar-refractivity contribution is -0.144. The summed E-state index contributed by atoms with van der Waals surface area (Å²) in [4.78, 5) is 11.0. The second kappa shape index (κ2) is 3.39. The van der Waals surface area contributed by atoms with Crippen molar-refractivity contribution in [2.45, 2.75) is 19.9 Å². The summed E-state index contributed by atoms with van der Waals surface area (Å²) in [7, 11) is 0. The van der Waals surface area contributed by atoms with Gasteiger partial charge in [0.2, 0.25) is 0 Å². The SMILES string of the molecule is CCOC(=O)C1C=C(C)NN1. The molecule has 0 aromatic rings. The van der Waals surface area contributed by atoms with E-state index in [1.54, 1.807) is 13.0 Å². The molecule has 1 aliphatic heterocycles. The number of carbonyl (C=O) groups is 1. The van der Waals surface area contributed by atoms with Crippen molar-refractivity contribution in [3.8, 4) is 0 Å². The first-order chi connectivity index (χ1) is 5.24. The second-order valence-corrected chi connectivity index (χ2v) is 2.35. The fourth-order valence-electron chi connectivity index (χ4n) is 0.884. The third-order valence-electron chi connectivity index (χ3n) is 1.38. The molecule has 1 aliphatic rings. The predicted octanol–water partition coefficient (Wildman–Crippen LogP) is -0.0703. The van der Waals surface area contributed by atoms with Crippen LogP contribution in [-0.2, 0) is 9.53 Å². The first-order valence-electron chi connectivity index (χ1n) is 3.60. The molecule has 11 heavy (non-hydrogen) atoms. The monoisotopic (exact) mass is 156 g/mol. The minimum absolute atomic E-state index is 0.239. The summed E-state index contributed by atoms with van der Waals surface area (Å²) in [5.41, 5.74) is 6.54. The molecule has 0 radical (unpaired) electrons. The highest BCUT2D eigenvalue weighted by atomic mass is 16.5. The lowest BCUT2D eigenvalue weighted by Crippen LogP contribution is -2.38. The number of ether oxygens (including phenoxy) is 1. The van der Waals surface area contributed by atoms with Gasteiger partial charge >= 0.3 is 5.97 Å². The van der Waals surface area contributed by atoms with Gasteiger partial charge in [-0.1, -0.05) is 0 Å². The van der Waals surface area contributed by atoms with E-state index < -0.39 is 0 Å².